The number of allylic oxidation sites excluding steroid dienone is 6. The first-order chi connectivity index (χ1) is 14.2. The smallest absolute Gasteiger partial charge is 0.220 e. The SMILES string of the molecule is C=C(C)NC1(C)CCC1.C=C1C=C(/C(=C/C)c2cnc(N)nc2C)C=CN1/N=C\C. The molecule has 1 fully saturated rings. The van der Waals surface area contributed by atoms with Gasteiger partial charge in [0.1, 0.15) is 0 Å². The standard InChI is InChI=1S/C16H19N5.C8H15N/c1-5-14(15-10-18-16(17)20-12(15)4)13-7-8-21(19-6-2)11(3)9-13;1-7(2)9-8(3)5-4-6-8/h5-10H,3H2,1-2,4H3,(H2,17,18,20);9H,1,4-6H2,2-3H3/b14-5-,19-6-;. The van der Waals surface area contributed by atoms with Crippen LogP contribution in [0, 0.1) is 6.92 Å². The van der Waals surface area contributed by atoms with Crippen molar-refractivity contribution >= 4 is 17.7 Å². The third-order valence-corrected chi connectivity index (χ3v) is 5.11. The van der Waals surface area contributed by atoms with E-state index in [0.29, 0.717) is 5.54 Å². The van der Waals surface area contributed by atoms with Crippen LogP contribution in [-0.4, -0.2) is 26.7 Å². The summed E-state index contributed by atoms with van der Waals surface area (Å²) in [5.74, 6) is 0.285. The number of hydrogen-bond donors (Lipinski definition) is 2. The molecule has 2 aliphatic rings. The van der Waals surface area contributed by atoms with E-state index in [9.17, 15) is 0 Å². The molecular weight excluding hydrogens is 372 g/mol. The summed E-state index contributed by atoms with van der Waals surface area (Å²) in [5, 5.41) is 9.29. The molecule has 0 amide bonds. The summed E-state index contributed by atoms with van der Waals surface area (Å²) in [6, 6.07) is 0. The molecule has 1 saturated carbocycles. The number of nitrogens with two attached hydrogens (primary N) is 1. The first kappa shape index (κ1) is 23.1. The summed E-state index contributed by atoms with van der Waals surface area (Å²) in [6.07, 6.45) is 15.4. The van der Waals surface area contributed by atoms with Crippen LogP contribution >= 0.6 is 0 Å². The van der Waals surface area contributed by atoms with Crippen LogP contribution in [-0.2, 0) is 0 Å². The number of nitrogen functional groups attached to an aromatic ring is 1. The normalized spacial score (nSPS) is 17.8. The van der Waals surface area contributed by atoms with Crippen molar-refractivity contribution in [3.05, 3.63) is 72.0 Å². The Morgan fingerprint density at radius 3 is 2.50 bits per heavy atom. The predicted octanol–water partition coefficient (Wildman–Crippen LogP) is 5.10. The van der Waals surface area contributed by atoms with Crippen LogP contribution in [0.25, 0.3) is 5.57 Å². The lowest BCUT2D eigenvalue weighted by Crippen LogP contribution is -2.46. The second-order valence-corrected chi connectivity index (χ2v) is 7.87. The first-order valence-corrected chi connectivity index (χ1v) is 10.3. The van der Waals surface area contributed by atoms with Gasteiger partial charge in [-0.25, -0.2) is 15.0 Å². The molecule has 0 atom stereocenters. The van der Waals surface area contributed by atoms with Gasteiger partial charge in [-0.05, 0) is 77.2 Å². The summed E-state index contributed by atoms with van der Waals surface area (Å²) < 4.78 is 0. The summed E-state index contributed by atoms with van der Waals surface area (Å²) >= 11 is 0. The zero-order chi connectivity index (χ0) is 22.3. The largest absolute Gasteiger partial charge is 0.384 e. The minimum absolute atomic E-state index is 0.285. The molecule has 0 spiro atoms. The van der Waals surface area contributed by atoms with Crippen LogP contribution < -0.4 is 11.1 Å². The van der Waals surface area contributed by atoms with E-state index in [-0.39, 0.29) is 5.95 Å². The minimum atomic E-state index is 0.285. The molecule has 0 unspecified atom stereocenters. The van der Waals surface area contributed by atoms with Crippen molar-refractivity contribution in [1.29, 1.82) is 0 Å². The van der Waals surface area contributed by atoms with Gasteiger partial charge < -0.3 is 11.1 Å². The number of rotatable bonds is 5. The monoisotopic (exact) mass is 406 g/mol. The van der Waals surface area contributed by atoms with Crippen LogP contribution in [0.4, 0.5) is 5.95 Å². The fourth-order valence-corrected chi connectivity index (χ4v) is 3.52. The molecule has 3 N–H and O–H groups in total. The molecule has 0 aromatic carbocycles. The molecule has 1 aromatic heterocycles. The number of hydrazone groups is 1. The molecule has 0 radical (unpaired) electrons. The zero-order valence-corrected chi connectivity index (χ0v) is 18.9. The van der Waals surface area contributed by atoms with E-state index < -0.39 is 0 Å². The Hall–Kier alpha value is -3.15. The third kappa shape index (κ3) is 5.92. The van der Waals surface area contributed by atoms with Crippen molar-refractivity contribution in [3.8, 4) is 0 Å². The summed E-state index contributed by atoms with van der Waals surface area (Å²) in [5.41, 5.74) is 11.8. The highest BCUT2D eigenvalue weighted by atomic mass is 15.4. The summed E-state index contributed by atoms with van der Waals surface area (Å²) in [7, 11) is 0. The van der Waals surface area contributed by atoms with Crippen LogP contribution in [0.1, 0.15) is 58.2 Å². The van der Waals surface area contributed by atoms with E-state index in [1.165, 1.54) is 19.3 Å². The van der Waals surface area contributed by atoms with E-state index in [2.05, 4.69) is 40.5 Å². The lowest BCUT2D eigenvalue weighted by atomic mass is 9.78. The van der Waals surface area contributed by atoms with Gasteiger partial charge in [-0.1, -0.05) is 19.2 Å². The van der Waals surface area contributed by atoms with E-state index in [0.717, 1.165) is 33.8 Å². The Morgan fingerprint density at radius 2 is 2.07 bits per heavy atom. The van der Waals surface area contributed by atoms with Crippen molar-refractivity contribution < 1.29 is 0 Å². The van der Waals surface area contributed by atoms with Gasteiger partial charge in [-0.3, -0.25) is 0 Å². The maximum absolute atomic E-state index is 5.61. The minimum Gasteiger partial charge on any atom is -0.384 e. The highest BCUT2D eigenvalue weighted by molar-refractivity contribution is 5.83. The van der Waals surface area contributed by atoms with E-state index in [1.807, 2.05) is 52.1 Å². The molecule has 6 heteroatoms. The highest BCUT2D eigenvalue weighted by Gasteiger charge is 2.30. The molecular formula is C24H34N6. The van der Waals surface area contributed by atoms with Crippen LogP contribution in [0.5, 0.6) is 0 Å². The number of aryl methyl sites for hydroxylation is 1. The molecule has 1 aliphatic carbocycles. The second-order valence-electron chi connectivity index (χ2n) is 7.87. The van der Waals surface area contributed by atoms with E-state index in [1.54, 1.807) is 17.4 Å². The first-order valence-electron chi connectivity index (χ1n) is 10.3. The summed E-state index contributed by atoms with van der Waals surface area (Å²) in [4.78, 5) is 8.30. The lowest BCUT2D eigenvalue weighted by Gasteiger charge is -2.40. The molecule has 3 rings (SSSR count). The Balaban J connectivity index is 0.000000297. The fourth-order valence-electron chi connectivity index (χ4n) is 3.52. The van der Waals surface area contributed by atoms with E-state index >= 15 is 0 Å². The molecule has 6 nitrogen and oxygen atoms in total. The van der Waals surface area contributed by atoms with Gasteiger partial charge in [-0.15, -0.1) is 0 Å². The van der Waals surface area contributed by atoms with Crippen molar-refractivity contribution in [1.82, 2.24) is 20.3 Å². The molecule has 1 aliphatic heterocycles. The van der Waals surface area contributed by atoms with Crippen LogP contribution in [0.15, 0.2) is 65.9 Å². The topological polar surface area (TPSA) is 79.4 Å². The Bertz CT molecular complexity index is 916. The molecule has 30 heavy (non-hydrogen) atoms. The average Bonchev–Trinajstić information content (AvgIpc) is 2.65. The predicted molar refractivity (Wildman–Crippen MR) is 127 cm³/mol. The van der Waals surface area contributed by atoms with Crippen molar-refractivity contribution in [2.24, 2.45) is 5.10 Å². The Morgan fingerprint density at radius 1 is 1.37 bits per heavy atom. The lowest BCUT2D eigenvalue weighted by molar-refractivity contribution is 0.228. The maximum Gasteiger partial charge on any atom is 0.220 e. The number of aromatic nitrogens is 2. The zero-order valence-electron chi connectivity index (χ0n) is 18.9. The van der Waals surface area contributed by atoms with Crippen molar-refractivity contribution in [2.75, 3.05) is 5.73 Å². The van der Waals surface area contributed by atoms with Crippen molar-refractivity contribution in [2.45, 2.75) is 59.4 Å². The third-order valence-electron chi connectivity index (χ3n) is 5.11. The van der Waals surface area contributed by atoms with Gasteiger partial charge >= 0.3 is 0 Å². The van der Waals surface area contributed by atoms with Gasteiger partial charge in [0.25, 0.3) is 0 Å². The van der Waals surface area contributed by atoms with E-state index in [4.69, 9.17) is 5.73 Å². The number of hydrogen-bond acceptors (Lipinski definition) is 6. The molecule has 1 aromatic rings. The number of nitrogens with one attached hydrogen (secondary N) is 1. The Kier molecular flexibility index (Phi) is 7.75. The number of anilines is 1. The van der Waals surface area contributed by atoms with Gasteiger partial charge in [0, 0.05) is 35.4 Å². The van der Waals surface area contributed by atoms with Gasteiger partial charge in [0.15, 0.2) is 0 Å². The molecule has 0 bridgehead atoms. The second kappa shape index (κ2) is 10.1. The van der Waals surface area contributed by atoms with Gasteiger partial charge in [-0.2, -0.15) is 5.10 Å². The van der Waals surface area contributed by atoms with Crippen LogP contribution in [0.3, 0.4) is 0 Å². The van der Waals surface area contributed by atoms with Gasteiger partial charge in [0.2, 0.25) is 5.95 Å². The van der Waals surface area contributed by atoms with Crippen molar-refractivity contribution in [3.63, 3.8) is 0 Å². The van der Waals surface area contributed by atoms with Gasteiger partial charge in [0.05, 0.1) is 11.4 Å². The highest BCUT2D eigenvalue weighted by Crippen LogP contribution is 2.31. The molecule has 0 saturated heterocycles. The van der Waals surface area contributed by atoms with Crippen LogP contribution in [0.2, 0.25) is 0 Å². The molecule has 160 valence electrons. The fraction of sp³-hybridized carbons (Fsp3) is 0.375. The Labute approximate surface area is 180 Å². The maximum atomic E-state index is 5.61. The summed E-state index contributed by atoms with van der Waals surface area (Å²) in [6.45, 7) is 17.9. The molecule has 2 heterocycles. The number of nitrogens with zero attached hydrogens (tertiary/aromatic N) is 4. The quantitative estimate of drug-likeness (QED) is 0.665. The average molecular weight is 407 g/mol.